The molecule has 0 radical (unpaired) electrons. The van der Waals surface area contributed by atoms with Gasteiger partial charge in [-0.25, -0.2) is 0 Å². The zero-order chi connectivity index (χ0) is 77.2. The first-order valence-electron chi connectivity index (χ1n) is 40.3. The van der Waals surface area contributed by atoms with Crippen LogP contribution in [-0.2, 0) is 5.41 Å². The highest BCUT2D eigenvalue weighted by Gasteiger charge is 2.46. The number of para-hydroxylation sites is 5. The minimum atomic E-state index is -2.62. The van der Waals surface area contributed by atoms with E-state index in [4.69, 9.17) is 0 Å². The fraction of sp³-hybridized carbons (Fsp3) is 0.0467. The molecule has 2 aromatic heterocycles. The van der Waals surface area contributed by atoms with Crippen LogP contribution in [-0.4, -0.2) is 15.8 Å². The summed E-state index contributed by atoms with van der Waals surface area (Å²) in [5.41, 5.74) is 32.7. The second kappa shape index (κ2) is 26.7. The van der Waals surface area contributed by atoms with Crippen LogP contribution in [0.25, 0.3) is 144 Å². The molecule has 0 bridgehead atoms. The summed E-state index contributed by atoms with van der Waals surface area (Å²) < 4.78 is 35.0. The molecule has 4 nitrogen and oxygen atoms in total. The lowest BCUT2D eigenvalue weighted by Crippen LogP contribution is -2.61. The molecule has 17 aromatic carbocycles. The van der Waals surface area contributed by atoms with Crippen molar-refractivity contribution in [3.05, 3.63) is 405 Å². The van der Waals surface area contributed by atoms with E-state index in [1.807, 2.05) is 12.1 Å². The highest BCUT2D eigenvalue weighted by molar-refractivity contribution is 7.00. The molecule has 4 heterocycles. The van der Waals surface area contributed by atoms with E-state index in [0.29, 0.717) is 0 Å². The Balaban J connectivity index is 0.903. The number of aromatic nitrogens is 2. The van der Waals surface area contributed by atoms with Crippen LogP contribution < -0.4 is 26.2 Å². The Kier molecular flexibility index (Phi) is 15.0. The maximum absolute atomic E-state index is 10.1. The molecule has 0 fully saturated rings. The average molecular weight is 1430 g/mol. The third-order valence-corrected chi connectivity index (χ3v) is 23.3. The van der Waals surface area contributed by atoms with Crippen molar-refractivity contribution in [1.82, 2.24) is 9.13 Å². The van der Waals surface area contributed by atoms with Gasteiger partial charge in [-0.3, -0.25) is 0 Å². The van der Waals surface area contributed by atoms with Gasteiger partial charge in [0.25, 0.3) is 6.71 Å². The summed E-state index contributed by atoms with van der Waals surface area (Å²) in [6.07, 6.45) is 0. The van der Waals surface area contributed by atoms with Gasteiger partial charge in [-0.2, -0.15) is 0 Å². The Morgan fingerprint density at radius 1 is 0.250 bits per heavy atom. The van der Waals surface area contributed by atoms with Crippen molar-refractivity contribution in [2.75, 3.05) is 9.80 Å². The minimum absolute atomic E-state index is 0.215. The van der Waals surface area contributed by atoms with Crippen molar-refractivity contribution >= 4 is 101 Å². The van der Waals surface area contributed by atoms with Crippen LogP contribution in [0.1, 0.15) is 36.0 Å². The van der Waals surface area contributed by atoms with E-state index in [9.17, 15) is 4.11 Å². The molecule has 19 aromatic rings. The van der Waals surface area contributed by atoms with Gasteiger partial charge in [0.2, 0.25) is 0 Å². The summed E-state index contributed by atoms with van der Waals surface area (Å²) in [6.45, 7) is 3.84. The minimum Gasteiger partial charge on any atom is -0.310 e. The van der Waals surface area contributed by atoms with Gasteiger partial charge in [0.1, 0.15) is 0 Å². The average Bonchev–Trinajstić information content (AvgIpc) is 0.992. The predicted molar refractivity (Wildman–Crippen MR) is 476 cm³/mol. The summed E-state index contributed by atoms with van der Waals surface area (Å²) in [5, 5.41) is 4.63. The standard InChI is InChI=1S/C107H77BN4/c1-70-60-102-104-103(61-70)112(106-92(74-36-15-8-16-37-74)66-83(107(2,3)4)67-93(106)82-45-28-43-80(65-82)78-41-26-39-76(63-78)72-32-11-6-12-33-72)101-69-85(110-98-54-23-19-48-90(98)91-49-20-24-55-99(91)110)57-59-95(101)108(104)94-58-56-84(109-96-52-21-17-46-88(96)89-47-18-22-53-97(89)109)68-100(94)111(102)105-86(73-34-13-7-14-35-73)50-29-51-87(105)81-44-27-42-79(64-81)77-40-25-38-75(62-77)71-30-9-5-10-31-71/h5-69H,1-4H3/i1D3. The summed E-state index contributed by atoms with van der Waals surface area (Å²) in [5.74, 6) is 0. The Hall–Kier alpha value is -14.0. The van der Waals surface area contributed by atoms with Crippen LogP contribution >= 0.6 is 0 Å². The van der Waals surface area contributed by atoms with Crippen LogP contribution in [0, 0.1) is 6.85 Å². The van der Waals surface area contributed by atoms with Gasteiger partial charge in [-0.1, -0.05) is 318 Å². The van der Waals surface area contributed by atoms with Crippen LogP contribution in [0.3, 0.4) is 0 Å². The summed E-state index contributed by atoms with van der Waals surface area (Å²) in [6, 6.07) is 143. The van der Waals surface area contributed by atoms with Gasteiger partial charge in [0.05, 0.1) is 33.4 Å². The quantitative estimate of drug-likeness (QED) is 0.113. The number of benzene rings is 17. The zero-order valence-electron chi connectivity index (χ0n) is 65.4. The van der Waals surface area contributed by atoms with Crippen molar-refractivity contribution in [3.63, 3.8) is 0 Å². The largest absolute Gasteiger partial charge is 0.310 e. The number of hydrogen-bond acceptors (Lipinski definition) is 2. The van der Waals surface area contributed by atoms with E-state index in [1.165, 1.54) is 0 Å². The van der Waals surface area contributed by atoms with Crippen molar-refractivity contribution < 1.29 is 4.11 Å². The Morgan fingerprint density at radius 2 is 0.554 bits per heavy atom. The number of nitrogens with zero attached hydrogens (tertiary/aromatic N) is 4. The lowest BCUT2D eigenvalue weighted by Gasteiger charge is -2.46. The summed E-state index contributed by atoms with van der Waals surface area (Å²) >= 11 is 0. The van der Waals surface area contributed by atoms with Crippen LogP contribution in [0.4, 0.5) is 34.1 Å². The first-order chi connectivity index (χ1) is 56.3. The number of anilines is 6. The highest BCUT2D eigenvalue weighted by Crippen LogP contribution is 2.55. The number of hydrogen-bond donors (Lipinski definition) is 0. The van der Waals surface area contributed by atoms with E-state index in [2.05, 4.69) is 422 Å². The fourth-order valence-corrected chi connectivity index (χ4v) is 18.1. The number of rotatable bonds is 12. The first kappa shape index (κ1) is 63.0. The molecule has 112 heavy (non-hydrogen) atoms. The molecule has 0 saturated carbocycles. The molecular weight excluding hydrogens is 1350 g/mol. The molecule has 0 N–H and O–H groups in total. The number of fused-ring (bicyclic) bond motifs is 10. The van der Waals surface area contributed by atoms with E-state index in [-0.39, 0.29) is 11.0 Å². The molecule has 5 heteroatoms. The van der Waals surface area contributed by atoms with Gasteiger partial charge in [-0.15, -0.1) is 0 Å². The molecule has 2 aliphatic heterocycles. The van der Waals surface area contributed by atoms with Crippen molar-refractivity contribution in [1.29, 1.82) is 0 Å². The van der Waals surface area contributed by atoms with E-state index < -0.39 is 13.6 Å². The lowest BCUT2D eigenvalue weighted by molar-refractivity contribution is 0.591. The SMILES string of the molecule is [2H]C([2H])([2H])c1cc2c3c(c1)N(c1c(-c4ccccc4)cc(C(C)(C)C)cc1-c1cccc(-c4cccc(-c5ccccc5)c4)c1)c1cc(-n4c5ccccc5c5ccccc54)ccc1B3c1ccc(-n3c4ccccc4c4ccccc43)cc1N2c1c(-c2ccccc2)cccc1-c1cccc(-c2cccc(-c3ccccc3)c2)c1. The molecule has 0 amide bonds. The van der Waals surface area contributed by atoms with Gasteiger partial charge in [0, 0.05) is 82.0 Å². The van der Waals surface area contributed by atoms with Crippen LogP contribution in [0.2, 0.25) is 0 Å². The van der Waals surface area contributed by atoms with Crippen LogP contribution in [0.5, 0.6) is 0 Å². The normalized spacial score (nSPS) is 12.9. The fourth-order valence-electron chi connectivity index (χ4n) is 18.1. The Labute approximate surface area is 658 Å². The molecule has 0 spiro atoms. The molecule has 0 saturated heterocycles. The van der Waals surface area contributed by atoms with Gasteiger partial charge in [0.15, 0.2) is 0 Å². The van der Waals surface area contributed by atoms with Gasteiger partial charge < -0.3 is 18.9 Å². The molecule has 528 valence electrons. The zero-order valence-corrected chi connectivity index (χ0v) is 62.4. The van der Waals surface area contributed by atoms with Crippen molar-refractivity contribution in [3.8, 4) is 100 Å². The van der Waals surface area contributed by atoms with Crippen molar-refractivity contribution in [2.24, 2.45) is 0 Å². The summed E-state index contributed by atoms with van der Waals surface area (Å²) in [4.78, 5) is 4.97. The highest BCUT2D eigenvalue weighted by atomic mass is 15.2. The Bertz CT molecular complexity index is 6970. The first-order valence-corrected chi connectivity index (χ1v) is 38.8. The maximum atomic E-state index is 10.1. The van der Waals surface area contributed by atoms with Crippen molar-refractivity contribution in [2.45, 2.75) is 33.0 Å². The second-order valence-corrected chi connectivity index (χ2v) is 30.9. The molecule has 0 aliphatic carbocycles. The predicted octanol–water partition coefficient (Wildman–Crippen LogP) is 26.9. The monoisotopic (exact) mass is 1430 g/mol. The summed E-state index contributed by atoms with van der Waals surface area (Å²) in [7, 11) is 0. The third-order valence-electron chi connectivity index (χ3n) is 23.3. The third kappa shape index (κ3) is 11.1. The van der Waals surface area contributed by atoms with E-state index >= 15 is 0 Å². The molecule has 21 rings (SSSR count). The lowest BCUT2D eigenvalue weighted by atomic mass is 9.33. The van der Waals surface area contributed by atoms with Gasteiger partial charge >= 0.3 is 0 Å². The molecular formula is C107H77BN4. The van der Waals surface area contributed by atoms with Gasteiger partial charge in [-0.05, 0) is 204 Å². The molecule has 2 aliphatic rings. The smallest absolute Gasteiger partial charge is 0.252 e. The van der Waals surface area contributed by atoms with E-state index in [1.54, 1.807) is 0 Å². The van der Waals surface area contributed by atoms with E-state index in [0.717, 1.165) is 200 Å². The Morgan fingerprint density at radius 3 is 0.955 bits per heavy atom. The van der Waals surface area contributed by atoms with Crippen LogP contribution in [0.15, 0.2) is 394 Å². The molecule has 0 unspecified atom stereocenters. The maximum Gasteiger partial charge on any atom is 0.252 e. The number of aryl methyl sites for hydroxylation is 1. The topological polar surface area (TPSA) is 16.3 Å². The second-order valence-electron chi connectivity index (χ2n) is 30.9. The molecule has 0 atom stereocenters.